The second-order valence-corrected chi connectivity index (χ2v) is 4.86. The minimum atomic E-state index is -0.526. The molecule has 8 heteroatoms. The van der Waals surface area contributed by atoms with Crippen LogP contribution >= 0.6 is 15.9 Å². The summed E-state index contributed by atoms with van der Waals surface area (Å²) in [7, 11) is 0. The van der Waals surface area contributed by atoms with Crippen molar-refractivity contribution in [3.8, 4) is 11.7 Å². The van der Waals surface area contributed by atoms with Gasteiger partial charge in [-0.1, -0.05) is 0 Å². The molecule has 0 radical (unpaired) electrons. The Morgan fingerprint density at radius 1 is 1.33 bits per heavy atom. The fourth-order valence-electron chi connectivity index (χ4n) is 1.55. The predicted octanol–water partition coefficient (Wildman–Crippen LogP) is 2.84. The zero-order valence-electron chi connectivity index (χ0n) is 10.5. The van der Waals surface area contributed by atoms with E-state index in [1.807, 2.05) is 0 Å². The van der Waals surface area contributed by atoms with Crippen LogP contribution in [0.3, 0.4) is 0 Å². The number of nitrogens with zero attached hydrogens (tertiary/aromatic N) is 3. The molecule has 3 rings (SSSR count). The highest BCUT2D eigenvalue weighted by Crippen LogP contribution is 2.18. The number of carbonyl (C=O) groups excluding carboxylic acids is 1. The third kappa shape index (κ3) is 3.16. The molecule has 0 amide bonds. The van der Waals surface area contributed by atoms with Gasteiger partial charge in [-0.2, -0.15) is 0 Å². The van der Waals surface area contributed by atoms with Gasteiger partial charge in [-0.15, -0.1) is 10.2 Å². The number of rotatable bonds is 4. The minimum Gasteiger partial charge on any atom is -0.459 e. The van der Waals surface area contributed by atoms with E-state index in [4.69, 9.17) is 13.6 Å². The van der Waals surface area contributed by atoms with Crippen molar-refractivity contribution in [1.82, 2.24) is 15.2 Å². The molecule has 0 saturated heterocycles. The topological polar surface area (TPSA) is 91.2 Å². The lowest BCUT2D eigenvalue weighted by Crippen LogP contribution is -2.05. The molecule has 7 nitrogen and oxygen atoms in total. The zero-order chi connectivity index (χ0) is 14.7. The standard InChI is InChI=1S/C13H8BrN3O4/c14-9-4-8(5-15-6-9)13(18)20-7-11-16-17-12(21-11)10-2-1-3-19-10/h1-6H,7H2. The number of halogens is 1. The fourth-order valence-corrected chi connectivity index (χ4v) is 1.91. The largest absolute Gasteiger partial charge is 0.459 e. The molecule has 0 bridgehead atoms. The van der Waals surface area contributed by atoms with Crippen molar-refractivity contribution in [2.24, 2.45) is 0 Å². The number of furan rings is 1. The summed E-state index contributed by atoms with van der Waals surface area (Å²) in [6.07, 6.45) is 4.49. The van der Waals surface area contributed by atoms with Crippen LogP contribution in [0.15, 0.2) is 50.2 Å². The van der Waals surface area contributed by atoms with Gasteiger partial charge in [0.05, 0.1) is 11.8 Å². The van der Waals surface area contributed by atoms with Crippen LogP contribution in [0.1, 0.15) is 16.2 Å². The lowest BCUT2D eigenvalue weighted by atomic mass is 10.3. The summed E-state index contributed by atoms with van der Waals surface area (Å²) in [6, 6.07) is 5.01. The van der Waals surface area contributed by atoms with Gasteiger partial charge in [-0.05, 0) is 34.1 Å². The average Bonchev–Trinajstić information content (AvgIpc) is 3.15. The van der Waals surface area contributed by atoms with E-state index in [9.17, 15) is 4.79 Å². The van der Waals surface area contributed by atoms with Crippen LogP contribution in [0, 0.1) is 0 Å². The van der Waals surface area contributed by atoms with E-state index in [1.165, 1.54) is 12.5 Å². The molecule has 0 fully saturated rings. The molecular weight excluding hydrogens is 342 g/mol. The molecule has 3 aromatic rings. The number of carbonyl (C=O) groups is 1. The quantitative estimate of drug-likeness (QED) is 0.668. The summed E-state index contributed by atoms with van der Waals surface area (Å²) >= 11 is 3.23. The molecule has 21 heavy (non-hydrogen) atoms. The Hall–Kier alpha value is -2.48. The summed E-state index contributed by atoms with van der Waals surface area (Å²) < 4.78 is 16.2. The molecule has 0 saturated carbocycles. The Labute approximate surface area is 127 Å². The van der Waals surface area contributed by atoms with E-state index in [1.54, 1.807) is 24.4 Å². The number of esters is 1. The number of ether oxygens (including phenoxy) is 1. The van der Waals surface area contributed by atoms with Crippen molar-refractivity contribution in [3.05, 3.63) is 52.8 Å². The number of aromatic nitrogens is 3. The van der Waals surface area contributed by atoms with Crippen LogP contribution in [0.25, 0.3) is 11.7 Å². The van der Waals surface area contributed by atoms with Crippen molar-refractivity contribution < 1.29 is 18.4 Å². The zero-order valence-corrected chi connectivity index (χ0v) is 12.1. The Bertz CT molecular complexity index is 754. The summed E-state index contributed by atoms with van der Waals surface area (Å²) in [5, 5.41) is 7.58. The maximum Gasteiger partial charge on any atom is 0.340 e. The van der Waals surface area contributed by atoms with Crippen LogP contribution in [-0.4, -0.2) is 21.2 Å². The average molecular weight is 350 g/mol. The summed E-state index contributed by atoms with van der Waals surface area (Å²) in [5.41, 5.74) is 0.329. The van der Waals surface area contributed by atoms with Gasteiger partial charge >= 0.3 is 5.97 Å². The van der Waals surface area contributed by atoms with Gasteiger partial charge in [0.1, 0.15) is 0 Å². The highest BCUT2D eigenvalue weighted by molar-refractivity contribution is 9.10. The van der Waals surface area contributed by atoms with Crippen LogP contribution in [0.2, 0.25) is 0 Å². The predicted molar refractivity (Wildman–Crippen MR) is 73.1 cm³/mol. The molecule has 106 valence electrons. The van der Waals surface area contributed by atoms with Crippen molar-refractivity contribution in [1.29, 1.82) is 0 Å². The molecular formula is C13H8BrN3O4. The van der Waals surface area contributed by atoms with E-state index < -0.39 is 5.97 Å². The second kappa shape index (κ2) is 5.88. The summed E-state index contributed by atoms with van der Waals surface area (Å²) in [4.78, 5) is 15.7. The minimum absolute atomic E-state index is 0.126. The first-order valence-corrected chi connectivity index (χ1v) is 6.65. The SMILES string of the molecule is O=C(OCc1nnc(-c2ccco2)o1)c1cncc(Br)c1. The maximum absolute atomic E-state index is 11.8. The van der Waals surface area contributed by atoms with Gasteiger partial charge in [0.25, 0.3) is 11.8 Å². The van der Waals surface area contributed by atoms with Crippen LogP contribution < -0.4 is 0 Å². The van der Waals surface area contributed by atoms with Crippen molar-refractivity contribution in [2.75, 3.05) is 0 Å². The molecule has 0 aliphatic heterocycles. The van der Waals surface area contributed by atoms with Gasteiger partial charge in [-0.25, -0.2) is 4.79 Å². The smallest absolute Gasteiger partial charge is 0.340 e. The normalized spacial score (nSPS) is 10.5. The van der Waals surface area contributed by atoms with Gasteiger partial charge in [0, 0.05) is 16.9 Å². The number of hydrogen-bond donors (Lipinski definition) is 0. The molecule has 0 aromatic carbocycles. The first-order chi connectivity index (χ1) is 10.2. The Morgan fingerprint density at radius 2 is 2.24 bits per heavy atom. The summed E-state index contributed by atoms with van der Waals surface area (Å²) in [6.45, 7) is -0.126. The molecule has 0 spiro atoms. The lowest BCUT2D eigenvalue weighted by Gasteiger charge is -2.01. The van der Waals surface area contributed by atoms with Crippen molar-refractivity contribution >= 4 is 21.9 Å². The molecule has 0 aliphatic rings. The Morgan fingerprint density at radius 3 is 3.00 bits per heavy atom. The van der Waals surface area contributed by atoms with E-state index in [0.717, 1.165) is 0 Å². The molecule has 3 heterocycles. The number of hydrogen-bond acceptors (Lipinski definition) is 7. The van der Waals surface area contributed by atoms with Gasteiger partial charge < -0.3 is 13.6 Å². The van der Waals surface area contributed by atoms with E-state index in [0.29, 0.717) is 15.8 Å². The third-order valence-corrected chi connectivity index (χ3v) is 2.90. The van der Waals surface area contributed by atoms with E-state index >= 15 is 0 Å². The molecule has 0 atom stereocenters. The van der Waals surface area contributed by atoms with E-state index in [2.05, 4.69) is 31.1 Å². The lowest BCUT2D eigenvalue weighted by molar-refractivity contribution is 0.0438. The van der Waals surface area contributed by atoms with Crippen LogP contribution in [0.5, 0.6) is 0 Å². The van der Waals surface area contributed by atoms with Crippen molar-refractivity contribution in [3.63, 3.8) is 0 Å². The Kier molecular flexibility index (Phi) is 3.78. The van der Waals surface area contributed by atoms with Gasteiger partial charge in [0.2, 0.25) is 0 Å². The first-order valence-electron chi connectivity index (χ1n) is 5.86. The van der Waals surface area contributed by atoms with Crippen molar-refractivity contribution in [2.45, 2.75) is 6.61 Å². The van der Waals surface area contributed by atoms with Gasteiger partial charge in [0.15, 0.2) is 12.4 Å². The molecule has 0 N–H and O–H groups in total. The first kappa shape index (κ1) is 13.5. The fraction of sp³-hybridized carbons (Fsp3) is 0.0769. The van der Waals surface area contributed by atoms with E-state index in [-0.39, 0.29) is 18.4 Å². The summed E-state index contributed by atoms with van der Waals surface area (Å²) in [5.74, 6) is 0.339. The monoisotopic (exact) mass is 349 g/mol. The van der Waals surface area contributed by atoms with Crippen LogP contribution in [-0.2, 0) is 11.3 Å². The highest BCUT2D eigenvalue weighted by atomic mass is 79.9. The molecule has 0 unspecified atom stereocenters. The van der Waals surface area contributed by atoms with Gasteiger partial charge in [-0.3, -0.25) is 4.98 Å². The molecule has 0 aliphatic carbocycles. The number of pyridine rings is 1. The van der Waals surface area contributed by atoms with Crippen LogP contribution in [0.4, 0.5) is 0 Å². The Balaban J connectivity index is 1.64. The molecule has 3 aromatic heterocycles. The highest BCUT2D eigenvalue weighted by Gasteiger charge is 2.14. The maximum atomic E-state index is 11.8. The third-order valence-electron chi connectivity index (χ3n) is 2.47. The second-order valence-electron chi connectivity index (χ2n) is 3.95.